The number of nitrogens with one attached hydrogen (secondary N) is 1. The fourth-order valence-corrected chi connectivity index (χ4v) is 2.65. The molecule has 0 aliphatic carbocycles. The molecule has 0 amide bonds. The Morgan fingerprint density at radius 2 is 2.33 bits per heavy atom. The Kier molecular flexibility index (Phi) is 4.98. The largest absolute Gasteiger partial charge is 0.313 e. The molecule has 1 N–H and O–H groups in total. The van der Waals surface area contributed by atoms with Crippen molar-refractivity contribution in [3.63, 3.8) is 0 Å². The van der Waals surface area contributed by atoms with E-state index in [4.69, 9.17) is 11.6 Å². The lowest BCUT2D eigenvalue weighted by molar-refractivity contribution is 0.253. The van der Waals surface area contributed by atoms with Gasteiger partial charge in [0.15, 0.2) is 0 Å². The Morgan fingerprint density at radius 3 is 2.94 bits per heavy atom. The highest BCUT2D eigenvalue weighted by Crippen LogP contribution is 2.19. The van der Waals surface area contributed by atoms with Crippen LogP contribution in [0.15, 0.2) is 18.2 Å². The molecule has 1 unspecified atom stereocenters. The number of likely N-dealkylation sites (N-methyl/N-ethyl adjacent to an activating group) is 1. The van der Waals surface area contributed by atoms with E-state index in [1.807, 2.05) is 0 Å². The number of nitrogens with zero attached hydrogens (tertiary/aromatic N) is 1. The molecule has 1 saturated heterocycles. The van der Waals surface area contributed by atoms with Crippen molar-refractivity contribution in [2.45, 2.75) is 32.4 Å². The van der Waals surface area contributed by atoms with E-state index in [0.717, 1.165) is 31.7 Å². The molecule has 1 fully saturated rings. The van der Waals surface area contributed by atoms with E-state index in [-0.39, 0.29) is 5.82 Å². The smallest absolute Gasteiger partial charge is 0.124 e. The van der Waals surface area contributed by atoms with Crippen LogP contribution in [0.4, 0.5) is 4.39 Å². The highest BCUT2D eigenvalue weighted by Gasteiger charge is 2.17. The van der Waals surface area contributed by atoms with Crippen molar-refractivity contribution in [2.75, 3.05) is 19.6 Å². The highest BCUT2D eigenvalue weighted by molar-refractivity contribution is 6.31. The second kappa shape index (κ2) is 6.50. The molecule has 0 saturated carbocycles. The minimum Gasteiger partial charge on any atom is -0.313 e. The number of hydrogen-bond donors (Lipinski definition) is 1. The van der Waals surface area contributed by atoms with Crippen LogP contribution in [-0.2, 0) is 6.54 Å². The molecule has 0 aromatic heterocycles. The Labute approximate surface area is 113 Å². The van der Waals surface area contributed by atoms with Gasteiger partial charge >= 0.3 is 0 Å². The first-order chi connectivity index (χ1) is 8.69. The van der Waals surface area contributed by atoms with Gasteiger partial charge in [-0.3, -0.25) is 4.90 Å². The van der Waals surface area contributed by atoms with Crippen molar-refractivity contribution in [3.8, 4) is 0 Å². The van der Waals surface area contributed by atoms with Crippen molar-refractivity contribution in [1.29, 1.82) is 0 Å². The summed E-state index contributed by atoms with van der Waals surface area (Å²) >= 11 is 6.06. The zero-order valence-electron chi connectivity index (χ0n) is 10.8. The zero-order valence-corrected chi connectivity index (χ0v) is 11.5. The Morgan fingerprint density at radius 1 is 1.50 bits per heavy atom. The first kappa shape index (κ1) is 13.8. The van der Waals surface area contributed by atoms with Gasteiger partial charge in [-0.1, -0.05) is 24.6 Å². The molecule has 1 atom stereocenters. The third kappa shape index (κ3) is 3.67. The molecule has 1 aliphatic heterocycles. The van der Waals surface area contributed by atoms with Crippen molar-refractivity contribution in [1.82, 2.24) is 10.2 Å². The molecule has 1 aromatic carbocycles. The molecule has 1 aliphatic rings. The van der Waals surface area contributed by atoms with Crippen LogP contribution in [0.3, 0.4) is 0 Å². The third-order valence-electron chi connectivity index (χ3n) is 3.50. The number of benzene rings is 1. The first-order valence-electron chi connectivity index (χ1n) is 6.58. The second-order valence-electron chi connectivity index (χ2n) is 4.86. The standard InChI is InChI=1S/C14H20ClFN2/c1-2-18(10-13-4-3-7-17-13)9-11-5-6-12(16)8-14(11)15/h5-6,8,13,17H,2-4,7,9-10H2,1H3. The molecule has 18 heavy (non-hydrogen) atoms. The average Bonchev–Trinajstić information content (AvgIpc) is 2.84. The fraction of sp³-hybridized carbons (Fsp3) is 0.571. The maximum absolute atomic E-state index is 13.0. The maximum atomic E-state index is 13.0. The third-order valence-corrected chi connectivity index (χ3v) is 3.85. The normalized spacial score (nSPS) is 19.7. The molecule has 100 valence electrons. The van der Waals surface area contributed by atoms with Gasteiger partial charge in [-0.2, -0.15) is 0 Å². The number of rotatable bonds is 5. The van der Waals surface area contributed by atoms with Gasteiger partial charge in [-0.15, -0.1) is 0 Å². The van der Waals surface area contributed by atoms with E-state index in [1.54, 1.807) is 6.07 Å². The predicted octanol–water partition coefficient (Wildman–Crippen LogP) is 3.05. The SMILES string of the molecule is CCN(Cc1ccc(F)cc1Cl)CC1CCCN1. The lowest BCUT2D eigenvalue weighted by Crippen LogP contribution is -2.37. The van der Waals surface area contributed by atoms with Gasteiger partial charge in [-0.05, 0) is 43.6 Å². The van der Waals surface area contributed by atoms with Gasteiger partial charge in [0.25, 0.3) is 0 Å². The summed E-state index contributed by atoms with van der Waals surface area (Å²) in [6.45, 7) is 6.07. The van der Waals surface area contributed by atoms with Gasteiger partial charge < -0.3 is 5.32 Å². The molecule has 2 rings (SSSR count). The summed E-state index contributed by atoms with van der Waals surface area (Å²) in [6.07, 6.45) is 2.51. The van der Waals surface area contributed by atoms with Crippen LogP contribution in [0.2, 0.25) is 5.02 Å². The summed E-state index contributed by atoms with van der Waals surface area (Å²) in [7, 11) is 0. The quantitative estimate of drug-likeness (QED) is 0.885. The predicted molar refractivity (Wildman–Crippen MR) is 73.4 cm³/mol. The molecule has 4 heteroatoms. The van der Waals surface area contributed by atoms with Crippen molar-refractivity contribution in [3.05, 3.63) is 34.6 Å². The van der Waals surface area contributed by atoms with Gasteiger partial charge in [0.2, 0.25) is 0 Å². The topological polar surface area (TPSA) is 15.3 Å². The van der Waals surface area contributed by atoms with Gasteiger partial charge in [-0.25, -0.2) is 4.39 Å². The maximum Gasteiger partial charge on any atom is 0.124 e. The van der Waals surface area contributed by atoms with E-state index in [0.29, 0.717) is 11.1 Å². The highest BCUT2D eigenvalue weighted by atomic mass is 35.5. The van der Waals surface area contributed by atoms with Crippen LogP contribution in [0, 0.1) is 5.82 Å². The Balaban J connectivity index is 1.96. The van der Waals surface area contributed by atoms with Crippen molar-refractivity contribution >= 4 is 11.6 Å². The summed E-state index contributed by atoms with van der Waals surface area (Å²) in [6, 6.07) is 5.23. The first-order valence-corrected chi connectivity index (χ1v) is 6.96. The molecule has 2 nitrogen and oxygen atoms in total. The minimum absolute atomic E-state index is 0.274. The minimum atomic E-state index is -0.274. The van der Waals surface area contributed by atoms with Gasteiger partial charge in [0, 0.05) is 24.2 Å². The summed E-state index contributed by atoms with van der Waals surface area (Å²) < 4.78 is 13.0. The van der Waals surface area contributed by atoms with Gasteiger partial charge in [0.1, 0.15) is 5.82 Å². The van der Waals surface area contributed by atoms with E-state index >= 15 is 0 Å². The summed E-state index contributed by atoms with van der Waals surface area (Å²) in [4.78, 5) is 2.35. The molecule has 0 radical (unpaired) electrons. The molecular formula is C14H20ClFN2. The van der Waals surface area contributed by atoms with Crippen LogP contribution in [0.25, 0.3) is 0 Å². The van der Waals surface area contributed by atoms with E-state index in [9.17, 15) is 4.39 Å². The Hall–Kier alpha value is -0.640. The monoisotopic (exact) mass is 270 g/mol. The van der Waals surface area contributed by atoms with Crippen molar-refractivity contribution < 1.29 is 4.39 Å². The summed E-state index contributed by atoms with van der Waals surface area (Å²) in [5.74, 6) is -0.274. The lowest BCUT2D eigenvalue weighted by Gasteiger charge is -2.24. The average molecular weight is 271 g/mol. The van der Waals surface area contributed by atoms with E-state index in [2.05, 4.69) is 17.1 Å². The Bertz CT molecular complexity index is 391. The number of hydrogen-bond acceptors (Lipinski definition) is 2. The van der Waals surface area contributed by atoms with Gasteiger partial charge in [0.05, 0.1) is 0 Å². The summed E-state index contributed by atoms with van der Waals surface area (Å²) in [5.41, 5.74) is 0.998. The molecule has 1 heterocycles. The van der Waals surface area contributed by atoms with Crippen LogP contribution < -0.4 is 5.32 Å². The second-order valence-corrected chi connectivity index (χ2v) is 5.26. The summed E-state index contributed by atoms with van der Waals surface area (Å²) in [5, 5.41) is 4.02. The molecule has 0 spiro atoms. The lowest BCUT2D eigenvalue weighted by atomic mass is 10.1. The molecule has 0 bridgehead atoms. The van der Waals surface area contributed by atoms with Crippen LogP contribution in [0.1, 0.15) is 25.3 Å². The van der Waals surface area contributed by atoms with Crippen molar-refractivity contribution in [2.24, 2.45) is 0 Å². The van der Waals surface area contributed by atoms with Crippen LogP contribution in [-0.4, -0.2) is 30.6 Å². The van der Waals surface area contributed by atoms with Crippen LogP contribution in [0.5, 0.6) is 0 Å². The fourth-order valence-electron chi connectivity index (χ4n) is 2.42. The van der Waals surface area contributed by atoms with E-state index < -0.39 is 0 Å². The zero-order chi connectivity index (χ0) is 13.0. The molecular weight excluding hydrogens is 251 g/mol. The van der Waals surface area contributed by atoms with E-state index in [1.165, 1.54) is 25.0 Å². The molecule has 1 aromatic rings. The number of halogens is 2. The van der Waals surface area contributed by atoms with Crippen LogP contribution >= 0.6 is 11.6 Å².